The average molecular weight is 444 g/mol. The fourth-order valence-corrected chi connectivity index (χ4v) is 3.91. The van der Waals surface area contributed by atoms with Crippen LogP contribution in [0, 0.1) is 0 Å². The third-order valence-corrected chi connectivity index (χ3v) is 5.71. The van der Waals surface area contributed by atoms with Gasteiger partial charge in [0.2, 0.25) is 0 Å². The Kier molecular flexibility index (Phi) is 6.76. The lowest BCUT2D eigenvalue weighted by atomic mass is 10.2. The first-order valence-electron chi connectivity index (χ1n) is 8.89. The highest BCUT2D eigenvalue weighted by Gasteiger charge is 2.14. The van der Waals surface area contributed by atoms with Gasteiger partial charge in [-0.05, 0) is 60.7 Å². The van der Waals surface area contributed by atoms with E-state index in [1.54, 1.807) is 68.8 Å². The van der Waals surface area contributed by atoms with Crippen molar-refractivity contribution < 1.29 is 17.9 Å². The first-order valence-corrected chi connectivity index (χ1v) is 10.8. The lowest BCUT2D eigenvalue weighted by Gasteiger charge is -2.14. The number of para-hydroxylation sites is 1. The normalized spacial score (nSPS) is 10.7. The van der Waals surface area contributed by atoms with Crippen LogP contribution in [-0.2, 0) is 10.0 Å². The van der Waals surface area contributed by atoms with Crippen LogP contribution < -0.4 is 24.8 Å². The molecule has 0 aliphatic carbocycles. The van der Waals surface area contributed by atoms with Crippen molar-refractivity contribution in [3.63, 3.8) is 0 Å². The minimum atomic E-state index is -3.68. The molecule has 0 fully saturated rings. The number of benzene rings is 3. The van der Waals surface area contributed by atoms with Gasteiger partial charge in [-0.2, -0.15) is 0 Å². The number of nitrogens with one attached hydrogen (secondary N) is 3. The summed E-state index contributed by atoms with van der Waals surface area (Å²) in [5.41, 5.74) is 1.80. The summed E-state index contributed by atoms with van der Waals surface area (Å²) in [6, 6.07) is 20.3. The lowest BCUT2D eigenvalue weighted by Crippen LogP contribution is -2.19. The van der Waals surface area contributed by atoms with Crippen molar-refractivity contribution in [3.05, 3.63) is 72.8 Å². The van der Waals surface area contributed by atoms with E-state index in [1.807, 2.05) is 6.07 Å². The van der Waals surface area contributed by atoms with E-state index >= 15 is 0 Å². The van der Waals surface area contributed by atoms with Gasteiger partial charge in [-0.15, -0.1) is 0 Å². The zero-order valence-corrected chi connectivity index (χ0v) is 18.0. The quantitative estimate of drug-likeness (QED) is 0.469. The maximum atomic E-state index is 12.5. The molecule has 0 atom stereocenters. The second-order valence-electron chi connectivity index (χ2n) is 6.14. The van der Waals surface area contributed by atoms with Gasteiger partial charge in [0.1, 0.15) is 11.5 Å². The first-order chi connectivity index (χ1) is 14.4. The summed E-state index contributed by atoms with van der Waals surface area (Å²) >= 11 is 5.34. The fourth-order valence-electron chi connectivity index (χ4n) is 2.62. The van der Waals surface area contributed by atoms with Crippen molar-refractivity contribution in [1.29, 1.82) is 0 Å². The predicted octanol–water partition coefficient (Wildman–Crippen LogP) is 4.31. The van der Waals surface area contributed by atoms with Crippen LogP contribution in [0.1, 0.15) is 0 Å². The van der Waals surface area contributed by atoms with Crippen molar-refractivity contribution >= 4 is 44.4 Å². The highest BCUT2D eigenvalue weighted by atomic mass is 32.2. The molecular weight excluding hydrogens is 422 g/mol. The summed E-state index contributed by atoms with van der Waals surface area (Å²) in [5, 5.41) is 6.39. The second kappa shape index (κ2) is 9.47. The van der Waals surface area contributed by atoms with E-state index in [1.165, 1.54) is 12.1 Å². The van der Waals surface area contributed by atoms with Crippen molar-refractivity contribution in [2.75, 3.05) is 29.6 Å². The number of hydrogen-bond acceptors (Lipinski definition) is 5. The SMILES string of the molecule is COc1ccc(NC(=S)Nc2ccc(S(=O)(=O)Nc3ccccc3)cc2)c(OC)c1. The van der Waals surface area contributed by atoms with E-state index in [-0.39, 0.29) is 4.90 Å². The lowest BCUT2D eigenvalue weighted by molar-refractivity contribution is 0.395. The van der Waals surface area contributed by atoms with E-state index in [0.29, 0.717) is 33.7 Å². The number of thiocarbonyl (C=S) groups is 1. The maximum Gasteiger partial charge on any atom is 0.261 e. The molecule has 0 bridgehead atoms. The molecule has 0 saturated heterocycles. The number of methoxy groups -OCH3 is 2. The Morgan fingerprint density at radius 3 is 2.17 bits per heavy atom. The average Bonchev–Trinajstić information content (AvgIpc) is 2.74. The molecule has 30 heavy (non-hydrogen) atoms. The van der Waals surface area contributed by atoms with Gasteiger partial charge >= 0.3 is 0 Å². The van der Waals surface area contributed by atoms with E-state index in [4.69, 9.17) is 21.7 Å². The molecule has 3 N–H and O–H groups in total. The highest BCUT2D eigenvalue weighted by Crippen LogP contribution is 2.29. The van der Waals surface area contributed by atoms with Crippen LogP contribution in [-0.4, -0.2) is 27.7 Å². The van der Waals surface area contributed by atoms with Gasteiger partial charge < -0.3 is 20.1 Å². The van der Waals surface area contributed by atoms with E-state index in [2.05, 4.69) is 15.4 Å². The second-order valence-corrected chi connectivity index (χ2v) is 8.23. The standard InChI is InChI=1S/C21H21N3O4S2/c1-27-17-10-13-19(20(14-17)28-2)23-21(29)22-15-8-11-18(12-9-15)30(25,26)24-16-6-4-3-5-7-16/h3-14,24H,1-2H3,(H2,22,23,29). The Morgan fingerprint density at radius 2 is 1.53 bits per heavy atom. The molecule has 0 heterocycles. The van der Waals surface area contributed by atoms with Crippen LogP contribution in [0.2, 0.25) is 0 Å². The van der Waals surface area contributed by atoms with Gasteiger partial charge in [0.15, 0.2) is 5.11 Å². The van der Waals surface area contributed by atoms with Crippen LogP contribution in [0.15, 0.2) is 77.7 Å². The molecule has 3 rings (SSSR count). The molecule has 0 unspecified atom stereocenters. The molecule has 0 aromatic heterocycles. The molecule has 0 aliphatic rings. The Morgan fingerprint density at radius 1 is 0.833 bits per heavy atom. The third-order valence-electron chi connectivity index (χ3n) is 4.11. The van der Waals surface area contributed by atoms with Gasteiger partial charge in [0.05, 0.1) is 24.8 Å². The van der Waals surface area contributed by atoms with E-state index in [0.717, 1.165) is 0 Å². The largest absolute Gasteiger partial charge is 0.497 e. The molecule has 3 aromatic rings. The van der Waals surface area contributed by atoms with Crippen LogP contribution in [0.3, 0.4) is 0 Å². The fraction of sp³-hybridized carbons (Fsp3) is 0.0952. The molecular formula is C21H21N3O4S2. The maximum absolute atomic E-state index is 12.5. The molecule has 0 spiro atoms. The summed E-state index contributed by atoms with van der Waals surface area (Å²) in [6.45, 7) is 0. The zero-order chi connectivity index (χ0) is 21.6. The first kappa shape index (κ1) is 21.4. The predicted molar refractivity (Wildman–Crippen MR) is 123 cm³/mol. The molecule has 0 aliphatic heterocycles. The topological polar surface area (TPSA) is 88.7 Å². The number of hydrogen-bond donors (Lipinski definition) is 3. The molecule has 0 amide bonds. The summed E-state index contributed by atoms with van der Waals surface area (Å²) in [5.74, 6) is 1.24. The van der Waals surface area contributed by atoms with Crippen molar-refractivity contribution in [3.8, 4) is 11.5 Å². The third kappa shape index (κ3) is 5.40. The summed E-state index contributed by atoms with van der Waals surface area (Å²) < 4.78 is 38.1. The van der Waals surface area contributed by atoms with Crippen LogP contribution in [0.25, 0.3) is 0 Å². The minimum absolute atomic E-state index is 0.146. The molecule has 3 aromatic carbocycles. The van der Waals surface area contributed by atoms with Crippen molar-refractivity contribution in [2.24, 2.45) is 0 Å². The van der Waals surface area contributed by atoms with Crippen LogP contribution >= 0.6 is 12.2 Å². The highest BCUT2D eigenvalue weighted by molar-refractivity contribution is 7.92. The van der Waals surface area contributed by atoms with Gasteiger partial charge in [0.25, 0.3) is 10.0 Å². The molecule has 7 nitrogen and oxygen atoms in total. The van der Waals surface area contributed by atoms with Crippen LogP contribution in [0.5, 0.6) is 11.5 Å². The van der Waals surface area contributed by atoms with E-state index in [9.17, 15) is 8.42 Å². The van der Waals surface area contributed by atoms with Crippen molar-refractivity contribution in [1.82, 2.24) is 0 Å². The molecule has 9 heteroatoms. The minimum Gasteiger partial charge on any atom is -0.497 e. The Hall–Kier alpha value is -3.30. The summed E-state index contributed by atoms with van der Waals surface area (Å²) in [4.78, 5) is 0.146. The van der Waals surface area contributed by atoms with Crippen LogP contribution in [0.4, 0.5) is 17.1 Å². The monoisotopic (exact) mass is 443 g/mol. The summed E-state index contributed by atoms with van der Waals surface area (Å²) in [6.07, 6.45) is 0. The van der Waals surface area contributed by atoms with E-state index < -0.39 is 10.0 Å². The smallest absolute Gasteiger partial charge is 0.261 e. The van der Waals surface area contributed by atoms with Gasteiger partial charge in [0, 0.05) is 17.4 Å². The molecule has 0 saturated carbocycles. The molecule has 156 valence electrons. The van der Waals surface area contributed by atoms with Gasteiger partial charge in [-0.3, -0.25) is 4.72 Å². The Labute approximate surface area is 181 Å². The summed E-state index contributed by atoms with van der Waals surface area (Å²) in [7, 11) is -0.546. The Bertz CT molecular complexity index is 1120. The number of rotatable bonds is 7. The van der Waals surface area contributed by atoms with Gasteiger partial charge in [-0.1, -0.05) is 18.2 Å². The number of anilines is 3. The van der Waals surface area contributed by atoms with Gasteiger partial charge in [-0.25, -0.2) is 8.42 Å². The number of ether oxygens (including phenoxy) is 2. The molecule has 0 radical (unpaired) electrons. The van der Waals surface area contributed by atoms with Crippen molar-refractivity contribution in [2.45, 2.75) is 4.90 Å². The Balaban J connectivity index is 1.66. The number of sulfonamides is 1. The zero-order valence-electron chi connectivity index (χ0n) is 16.4.